The van der Waals surface area contributed by atoms with Gasteiger partial charge in [0.15, 0.2) is 4.96 Å². The lowest BCUT2D eigenvalue weighted by atomic mass is 9.96. The number of pyridine rings is 1. The lowest BCUT2D eigenvalue weighted by molar-refractivity contribution is 0.440. The molecule has 1 fully saturated rings. The Morgan fingerprint density at radius 2 is 2.45 bits per heavy atom. The molecular weight excluding hydrogens is 296 g/mol. The summed E-state index contributed by atoms with van der Waals surface area (Å²) in [7, 11) is 0. The first-order chi connectivity index (χ1) is 10.9. The van der Waals surface area contributed by atoms with Crippen LogP contribution in [-0.2, 0) is 6.54 Å². The van der Waals surface area contributed by atoms with E-state index < -0.39 is 0 Å². The van der Waals surface area contributed by atoms with E-state index in [0.717, 1.165) is 30.3 Å². The van der Waals surface area contributed by atoms with Crippen molar-refractivity contribution in [2.45, 2.75) is 12.6 Å². The largest absolute Gasteiger partial charge is 0.311 e. The van der Waals surface area contributed by atoms with E-state index >= 15 is 0 Å². The van der Waals surface area contributed by atoms with Gasteiger partial charge < -0.3 is 5.32 Å². The molecule has 0 aliphatic carbocycles. The predicted octanol–water partition coefficient (Wildman–Crippen LogP) is 1.35. The molecule has 22 heavy (non-hydrogen) atoms. The molecule has 4 rings (SSSR count). The van der Waals surface area contributed by atoms with E-state index in [9.17, 15) is 0 Å². The van der Waals surface area contributed by atoms with Crippen LogP contribution in [0.4, 0.5) is 0 Å². The van der Waals surface area contributed by atoms with E-state index in [-0.39, 0.29) is 0 Å². The normalized spacial score (nSPS) is 21.6. The van der Waals surface area contributed by atoms with E-state index in [0.29, 0.717) is 12.0 Å². The summed E-state index contributed by atoms with van der Waals surface area (Å²) in [5, 5.41) is 5.57. The molecular formula is C15H18N6S. The number of thiazole rings is 1. The molecule has 3 aromatic rings. The van der Waals surface area contributed by atoms with Crippen LogP contribution in [0.1, 0.15) is 17.3 Å². The lowest BCUT2D eigenvalue weighted by Gasteiger charge is -2.18. The third-order valence-electron chi connectivity index (χ3n) is 3.99. The first-order valence-electron chi connectivity index (χ1n) is 7.40. The Balaban J connectivity index is 1.35. The van der Waals surface area contributed by atoms with Crippen molar-refractivity contribution in [3.05, 3.63) is 53.6 Å². The Morgan fingerprint density at radius 3 is 3.32 bits per heavy atom. The summed E-state index contributed by atoms with van der Waals surface area (Å²) >= 11 is 1.66. The molecule has 0 spiro atoms. The summed E-state index contributed by atoms with van der Waals surface area (Å²) in [6.07, 6.45) is 7.87. The molecule has 3 N–H and O–H groups in total. The summed E-state index contributed by atoms with van der Waals surface area (Å²) in [6.45, 7) is 2.68. The Hall–Kier alpha value is -1.80. The minimum Gasteiger partial charge on any atom is -0.311 e. The Labute approximate surface area is 132 Å². The molecule has 114 valence electrons. The molecule has 0 aromatic carbocycles. The van der Waals surface area contributed by atoms with Gasteiger partial charge in [-0.05, 0) is 11.6 Å². The van der Waals surface area contributed by atoms with Crippen molar-refractivity contribution in [3.8, 4) is 0 Å². The lowest BCUT2D eigenvalue weighted by Crippen LogP contribution is -2.28. The number of rotatable bonds is 5. The van der Waals surface area contributed by atoms with Gasteiger partial charge in [-0.2, -0.15) is 0 Å². The maximum absolute atomic E-state index is 4.59. The summed E-state index contributed by atoms with van der Waals surface area (Å²) in [6, 6.07) is 4.40. The van der Waals surface area contributed by atoms with Gasteiger partial charge in [-0.15, -0.1) is 11.3 Å². The van der Waals surface area contributed by atoms with Crippen LogP contribution in [0.2, 0.25) is 0 Å². The highest BCUT2D eigenvalue weighted by molar-refractivity contribution is 7.15. The quantitative estimate of drug-likeness (QED) is 0.663. The van der Waals surface area contributed by atoms with Gasteiger partial charge in [0.2, 0.25) is 0 Å². The van der Waals surface area contributed by atoms with Crippen molar-refractivity contribution < 1.29 is 0 Å². The number of nitrogens with one attached hydrogen (secondary N) is 3. The highest BCUT2D eigenvalue weighted by Gasteiger charge is 2.27. The van der Waals surface area contributed by atoms with Crippen molar-refractivity contribution in [3.63, 3.8) is 0 Å². The molecule has 3 aromatic heterocycles. The van der Waals surface area contributed by atoms with Gasteiger partial charge in [0.25, 0.3) is 0 Å². The van der Waals surface area contributed by atoms with Crippen LogP contribution in [0.25, 0.3) is 4.96 Å². The van der Waals surface area contributed by atoms with Crippen LogP contribution in [0, 0.1) is 5.92 Å². The number of hydrogen-bond donors (Lipinski definition) is 3. The highest BCUT2D eigenvalue weighted by Crippen LogP contribution is 2.23. The number of hydrogen-bond acceptors (Lipinski definition) is 6. The van der Waals surface area contributed by atoms with E-state index in [2.05, 4.69) is 42.8 Å². The molecule has 6 nitrogen and oxygen atoms in total. The van der Waals surface area contributed by atoms with Crippen LogP contribution < -0.4 is 16.2 Å². The topological polar surface area (TPSA) is 66.3 Å². The molecule has 0 radical (unpaired) electrons. The second kappa shape index (κ2) is 6.13. The number of imidazole rings is 1. The SMILES string of the molecule is c1cncc(C2NNCC2CNCc2cn3ccsc3n2)c1. The smallest absolute Gasteiger partial charge is 0.193 e. The fourth-order valence-corrected chi connectivity index (χ4v) is 3.61. The Kier molecular flexibility index (Phi) is 3.86. The van der Waals surface area contributed by atoms with Gasteiger partial charge >= 0.3 is 0 Å². The second-order valence-corrected chi connectivity index (χ2v) is 6.38. The minimum absolute atomic E-state index is 0.298. The van der Waals surface area contributed by atoms with Crippen molar-refractivity contribution >= 4 is 16.3 Å². The highest BCUT2D eigenvalue weighted by atomic mass is 32.1. The number of aromatic nitrogens is 3. The molecule has 7 heteroatoms. The second-order valence-electron chi connectivity index (χ2n) is 5.51. The van der Waals surface area contributed by atoms with Crippen LogP contribution in [0.15, 0.2) is 42.3 Å². The molecule has 2 atom stereocenters. The zero-order chi connectivity index (χ0) is 14.8. The van der Waals surface area contributed by atoms with Crippen LogP contribution in [0.5, 0.6) is 0 Å². The fraction of sp³-hybridized carbons (Fsp3) is 0.333. The van der Waals surface area contributed by atoms with Gasteiger partial charge in [-0.25, -0.2) is 10.4 Å². The first kappa shape index (κ1) is 13.8. The third-order valence-corrected chi connectivity index (χ3v) is 4.76. The third kappa shape index (κ3) is 2.76. The number of hydrazine groups is 1. The van der Waals surface area contributed by atoms with Crippen molar-refractivity contribution in [2.75, 3.05) is 13.1 Å². The molecule has 4 heterocycles. The Bertz CT molecular complexity index is 708. The molecule has 2 unspecified atom stereocenters. The molecule has 1 aliphatic heterocycles. The van der Waals surface area contributed by atoms with E-state index in [1.54, 1.807) is 11.3 Å². The standard InChI is InChI=1S/C15H18N6S/c1-2-11(6-16-3-1)14-12(8-18-20-14)7-17-9-13-10-21-4-5-22-15(21)19-13/h1-6,10,12,14,17-18,20H,7-9H2. The van der Waals surface area contributed by atoms with E-state index in [4.69, 9.17) is 0 Å². The van der Waals surface area contributed by atoms with Gasteiger partial charge in [0.1, 0.15) is 0 Å². The van der Waals surface area contributed by atoms with Gasteiger partial charge in [-0.3, -0.25) is 14.8 Å². The van der Waals surface area contributed by atoms with Crippen molar-refractivity contribution in [1.29, 1.82) is 0 Å². The van der Waals surface area contributed by atoms with Crippen molar-refractivity contribution in [2.24, 2.45) is 5.92 Å². The zero-order valence-corrected chi connectivity index (χ0v) is 12.9. The summed E-state index contributed by atoms with van der Waals surface area (Å²) in [5.74, 6) is 0.493. The van der Waals surface area contributed by atoms with Crippen LogP contribution in [0.3, 0.4) is 0 Å². The predicted molar refractivity (Wildman–Crippen MR) is 86.4 cm³/mol. The van der Waals surface area contributed by atoms with Crippen LogP contribution in [-0.4, -0.2) is 27.5 Å². The van der Waals surface area contributed by atoms with Gasteiger partial charge in [0, 0.05) is 55.7 Å². The van der Waals surface area contributed by atoms with E-state index in [1.807, 2.05) is 30.0 Å². The molecule has 1 saturated heterocycles. The summed E-state index contributed by atoms with van der Waals surface area (Å²) < 4.78 is 2.07. The molecule has 0 saturated carbocycles. The fourth-order valence-electron chi connectivity index (χ4n) is 2.89. The molecule has 0 amide bonds. The maximum atomic E-state index is 4.59. The zero-order valence-electron chi connectivity index (χ0n) is 12.1. The monoisotopic (exact) mass is 314 g/mol. The van der Waals surface area contributed by atoms with Gasteiger partial charge in [0.05, 0.1) is 11.7 Å². The summed E-state index contributed by atoms with van der Waals surface area (Å²) in [5.41, 5.74) is 8.90. The molecule has 0 bridgehead atoms. The first-order valence-corrected chi connectivity index (χ1v) is 8.28. The number of fused-ring (bicyclic) bond motifs is 1. The average Bonchev–Trinajstić information content (AvgIpc) is 3.23. The average molecular weight is 314 g/mol. The Morgan fingerprint density at radius 1 is 1.45 bits per heavy atom. The van der Waals surface area contributed by atoms with Crippen molar-refractivity contribution in [1.82, 2.24) is 30.5 Å². The van der Waals surface area contributed by atoms with Crippen LogP contribution >= 0.6 is 11.3 Å². The minimum atomic E-state index is 0.298. The summed E-state index contributed by atoms with van der Waals surface area (Å²) in [4.78, 5) is 9.85. The molecule has 1 aliphatic rings. The number of nitrogens with zero attached hydrogens (tertiary/aromatic N) is 3. The maximum Gasteiger partial charge on any atom is 0.193 e. The van der Waals surface area contributed by atoms with E-state index in [1.165, 1.54) is 5.56 Å². The van der Waals surface area contributed by atoms with Gasteiger partial charge in [-0.1, -0.05) is 6.07 Å².